The van der Waals surface area contributed by atoms with Crippen molar-refractivity contribution in [1.29, 1.82) is 0 Å². The number of ether oxygens (including phenoxy) is 1. The van der Waals surface area contributed by atoms with Crippen LogP contribution < -0.4 is 0 Å². The number of aromatic nitrogens is 3. The standard InChI is InChI=1S/C14H21N5O3/c1-17-9-14(22-13(17)21)4-2-6-19(8-5-14)12(20)3-7-18-10-15-16-11-18/h10-11H,2-9H2,1H3. The molecule has 0 radical (unpaired) electrons. The van der Waals surface area contributed by atoms with Crippen molar-refractivity contribution in [3.8, 4) is 0 Å². The third kappa shape index (κ3) is 3.05. The van der Waals surface area contributed by atoms with Gasteiger partial charge in [0.15, 0.2) is 0 Å². The first kappa shape index (κ1) is 14.8. The minimum absolute atomic E-state index is 0.128. The molecule has 22 heavy (non-hydrogen) atoms. The van der Waals surface area contributed by atoms with E-state index in [1.807, 2.05) is 4.90 Å². The molecule has 2 fully saturated rings. The maximum atomic E-state index is 12.3. The predicted octanol–water partition coefficient (Wildman–Crippen LogP) is 0.501. The van der Waals surface area contributed by atoms with Gasteiger partial charge in [-0.2, -0.15) is 0 Å². The second-order valence-corrected chi connectivity index (χ2v) is 6.09. The Balaban J connectivity index is 1.54. The Labute approximate surface area is 129 Å². The normalized spacial score (nSPS) is 25.4. The van der Waals surface area contributed by atoms with Crippen molar-refractivity contribution in [2.45, 2.75) is 37.8 Å². The fourth-order valence-electron chi connectivity index (χ4n) is 3.19. The van der Waals surface area contributed by atoms with Crippen LogP contribution in [-0.2, 0) is 16.1 Å². The molecular weight excluding hydrogens is 286 g/mol. The second kappa shape index (κ2) is 5.94. The van der Waals surface area contributed by atoms with E-state index in [4.69, 9.17) is 4.74 Å². The van der Waals surface area contributed by atoms with Gasteiger partial charge in [0.25, 0.3) is 0 Å². The van der Waals surface area contributed by atoms with E-state index in [2.05, 4.69) is 10.2 Å². The summed E-state index contributed by atoms with van der Waals surface area (Å²) in [6.07, 6.45) is 5.79. The van der Waals surface area contributed by atoms with Gasteiger partial charge in [0.05, 0.1) is 6.54 Å². The van der Waals surface area contributed by atoms with Crippen LogP contribution in [0, 0.1) is 0 Å². The Morgan fingerprint density at radius 1 is 1.32 bits per heavy atom. The monoisotopic (exact) mass is 307 g/mol. The van der Waals surface area contributed by atoms with Crippen molar-refractivity contribution < 1.29 is 14.3 Å². The largest absolute Gasteiger partial charge is 0.441 e. The molecule has 1 aromatic heterocycles. The molecule has 2 saturated heterocycles. The number of hydrogen-bond acceptors (Lipinski definition) is 5. The number of amides is 2. The summed E-state index contributed by atoms with van der Waals surface area (Å²) in [6.45, 7) is 2.58. The van der Waals surface area contributed by atoms with Gasteiger partial charge in [-0.25, -0.2) is 4.79 Å². The molecule has 0 aliphatic carbocycles. The maximum Gasteiger partial charge on any atom is 0.410 e. The van der Waals surface area contributed by atoms with Gasteiger partial charge in [0, 0.05) is 39.5 Å². The highest BCUT2D eigenvalue weighted by atomic mass is 16.6. The van der Waals surface area contributed by atoms with Crippen molar-refractivity contribution in [3.63, 3.8) is 0 Å². The van der Waals surface area contributed by atoms with Crippen LogP contribution in [-0.4, -0.2) is 68.8 Å². The summed E-state index contributed by atoms with van der Waals surface area (Å²) in [5.41, 5.74) is -0.408. The molecule has 8 nitrogen and oxygen atoms in total. The third-order valence-electron chi connectivity index (χ3n) is 4.44. The Hall–Kier alpha value is -2.12. The number of nitrogens with zero attached hydrogens (tertiary/aromatic N) is 5. The van der Waals surface area contributed by atoms with Crippen molar-refractivity contribution in [2.24, 2.45) is 0 Å². The van der Waals surface area contributed by atoms with Crippen molar-refractivity contribution in [2.75, 3.05) is 26.7 Å². The highest BCUT2D eigenvalue weighted by Crippen LogP contribution is 2.32. The van der Waals surface area contributed by atoms with E-state index in [-0.39, 0.29) is 12.0 Å². The molecule has 0 bridgehead atoms. The van der Waals surface area contributed by atoms with Crippen molar-refractivity contribution in [3.05, 3.63) is 12.7 Å². The summed E-state index contributed by atoms with van der Waals surface area (Å²) in [7, 11) is 1.75. The van der Waals surface area contributed by atoms with E-state index in [1.165, 1.54) is 0 Å². The number of carbonyl (C=O) groups is 2. The van der Waals surface area contributed by atoms with Crippen LogP contribution in [0.2, 0.25) is 0 Å². The zero-order chi connectivity index (χ0) is 15.6. The third-order valence-corrected chi connectivity index (χ3v) is 4.44. The average Bonchev–Trinajstić information content (AvgIpc) is 3.04. The minimum Gasteiger partial charge on any atom is -0.441 e. The smallest absolute Gasteiger partial charge is 0.410 e. The van der Waals surface area contributed by atoms with Gasteiger partial charge in [-0.05, 0) is 12.8 Å². The molecule has 2 amide bonds. The molecule has 0 aromatic carbocycles. The van der Waals surface area contributed by atoms with E-state index in [0.717, 1.165) is 19.4 Å². The Kier molecular flexibility index (Phi) is 4.00. The molecule has 0 N–H and O–H groups in total. The van der Waals surface area contributed by atoms with Gasteiger partial charge in [-0.1, -0.05) is 0 Å². The first-order valence-corrected chi connectivity index (χ1v) is 7.62. The molecule has 2 aliphatic heterocycles. The molecule has 0 saturated carbocycles. The molecule has 1 aromatic rings. The van der Waals surface area contributed by atoms with E-state index in [0.29, 0.717) is 32.5 Å². The zero-order valence-corrected chi connectivity index (χ0v) is 12.8. The SMILES string of the molecule is CN1CC2(CCCN(C(=O)CCn3cnnc3)CC2)OC1=O. The van der Waals surface area contributed by atoms with E-state index < -0.39 is 5.60 Å². The summed E-state index contributed by atoms with van der Waals surface area (Å²) in [5.74, 6) is 0.128. The highest BCUT2D eigenvalue weighted by molar-refractivity contribution is 5.76. The lowest BCUT2D eigenvalue weighted by molar-refractivity contribution is -0.131. The Bertz CT molecular complexity index is 547. The van der Waals surface area contributed by atoms with Crippen LogP contribution in [0.3, 0.4) is 0 Å². The van der Waals surface area contributed by atoms with Gasteiger partial charge in [-0.3, -0.25) is 4.79 Å². The maximum absolute atomic E-state index is 12.3. The molecular formula is C14H21N5O3. The fraction of sp³-hybridized carbons (Fsp3) is 0.714. The molecule has 1 spiro atoms. The molecule has 3 heterocycles. The molecule has 120 valence electrons. The number of aryl methyl sites for hydroxylation is 1. The summed E-state index contributed by atoms with van der Waals surface area (Å²) >= 11 is 0. The minimum atomic E-state index is -0.408. The van der Waals surface area contributed by atoms with Gasteiger partial charge in [-0.15, -0.1) is 10.2 Å². The molecule has 1 unspecified atom stereocenters. The zero-order valence-electron chi connectivity index (χ0n) is 12.8. The summed E-state index contributed by atoms with van der Waals surface area (Å²) in [5, 5.41) is 7.45. The molecule has 8 heteroatoms. The second-order valence-electron chi connectivity index (χ2n) is 6.09. The topological polar surface area (TPSA) is 80.6 Å². The molecule has 1 atom stereocenters. The lowest BCUT2D eigenvalue weighted by atomic mass is 9.95. The number of likely N-dealkylation sites (N-methyl/N-ethyl adjacent to an activating group) is 1. The Morgan fingerprint density at radius 3 is 2.77 bits per heavy atom. The number of carbonyl (C=O) groups excluding carboxylic acids is 2. The molecule has 3 rings (SSSR count). The first-order valence-electron chi connectivity index (χ1n) is 7.62. The predicted molar refractivity (Wildman–Crippen MR) is 76.9 cm³/mol. The van der Waals surface area contributed by atoms with E-state index in [1.54, 1.807) is 29.2 Å². The van der Waals surface area contributed by atoms with Crippen molar-refractivity contribution >= 4 is 12.0 Å². The average molecular weight is 307 g/mol. The highest BCUT2D eigenvalue weighted by Gasteiger charge is 2.44. The fourth-order valence-corrected chi connectivity index (χ4v) is 3.19. The van der Waals surface area contributed by atoms with Gasteiger partial charge in [0.2, 0.25) is 5.91 Å². The number of rotatable bonds is 3. The van der Waals surface area contributed by atoms with Crippen LogP contribution in [0.15, 0.2) is 12.7 Å². The summed E-state index contributed by atoms with van der Waals surface area (Å²) in [6, 6.07) is 0. The van der Waals surface area contributed by atoms with Gasteiger partial charge >= 0.3 is 6.09 Å². The Morgan fingerprint density at radius 2 is 2.09 bits per heavy atom. The van der Waals surface area contributed by atoms with Gasteiger partial charge < -0.3 is 19.1 Å². The van der Waals surface area contributed by atoms with E-state index >= 15 is 0 Å². The van der Waals surface area contributed by atoms with Crippen LogP contribution in [0.1, 0.15) is 25.7 Å². The number of hydrogen-bond donors (Lipinski definition) is 0. The van der Waals surface area contributed by atoms with Crippen LogP contribution in [0.4, 0.5) is 4.79 Å². The summed E-state index contributed by atoms with van der Waals surface area (Å²) in [4.78, 5) is 27.4. The summed E-state index contributed by atoms with van der Waals surface area (Å²) < 4.78 is 7.35. The molecule has 2 aliphatic rings. The van der Waals surface area contributed by atoms with Crippen LogP contribution >= 0.6 is 0 Å². The quantitative estimate of drug-likeness (QED) is 0.812. The van der Waals surface area contributed by atoms with Crippen LogP contribution in [0.25, 0.3) is 0 Å². The first-order chi connectivity index (χ1) is 10.6. The van der Waals surface area contributed by atoms with Gasteiger partial charge in [0.1, 0.15) is 18.3 Å². The number of likely N-dealkylation sites (tertiary alicyclic amines) is 1. The van der Waals surface area contributed by atoms with E-state index in [9.17, 15) is 9.59 Å². The van der Waals surface area contributed by atoms with Crippen molar-refractivity contribution in [1.82, 2.24) is 24.6 Å². The lowest BCUT2D eigenvalue weighted by Crippen LogP contribution is -2.37. The van der Waals surface area contributed by atoms with Crippen LogP contribution in [0.5, 0.6) is 0 Å². The lowest BCUT2D eigenvalue weighted by Gasteiger charge is -2.25.